The molecule has 0 saturated carbocycles. The highest BCUT2D eigenvalue weighted by Crippen LogP contribution is 2.22. The quantitative estimate of drug-likeness (QED) is 0.0684. The smallest absolute Gasteiger partial charge is 0.374 e. The van der Waals surface area contributed by atoms with Gasteiger partial charge in [-0.2, -0.15) is 0 Å². The minimum Gasteiger partial charge on any atom is -0.374 e. The van der Waals surface area contributed by atoms with Crippen molar-refractivity contribution >= 4 is 31.6 Å². The average Bonchev–Trinajstić information content (AvgIpc) is 2.90. The first-order valence-electron chi connectivity index (χ1n) is 15.5. The summed E-state index contributed by atoms with van der Waals surface area (Å²) in [4.78, 5) is 9.75. The van der Waals surface area contributed by atoms with Gasteiger partial charge in [-0.1, -0.05) is 89.8 Å². The molecule has 1 aliphatic rings. The zero-order valence-electron chi connectivity index (χ0n) is 25.3. The van der Waals surface area contributed by atoms with Crippen LogP contribution in [0, 0.1) is 0 Å². The summed E-state index contributed by atoms with van der Waals surface area (Å²) in [6, 6.07) is 0.753. The van der Waals surface area contributed by atoms with E-state index in [1.54, 1.807) is 16.8 Å². The number of hydrazine groups is 1. The van der Waals surface area contributed by atoms with Crippen LogP contribution in [0.2, 0.25) is 6.04 Å². The summed E-state index contributed by atoms with van der Waals surface area (Å²) in [5, 5.41) is 6.13. The molecule has 0 saturated heterocycles. The fourth-order valence-corrected chi connectivity index (χ4v) is 8.04. The Morgan fingerprint density at radius 3 is 1.92 bits per heavy atom. The SMILES string of the molecule is CCCCCCCCNC1N=C(SCCCCCCCC)N=C(CCC[Si](OCC)(OCC)OCC)N1N. The van der Waals surface area contributed by atoms with Gasteiger partial charge >= 0.3 is 8.80 Å². The fraction of sp³-hybridized carbons (Fsp3) is 0.929. The summed E-state index contributed by atoms with van der Waals surface area (Å²) < 4.78 is 18.1. The molecule has 10 heteroatoms. The Morgan fingerprint density at radius 2 is 1.34 bits per heavy atom. The maximum atomic E-state index is 6.56. The molecule has 1 unspecified atom stereocenters. The molecule has 0 aromatic heterocycles. The Kier molecular flexibility index (Phi) is 21.7. The maximum Gasteiger partial charge on any atom is 0.500 e. The van der Waals surface area contributed by atoms with E-state index in [0.717, 1.165) is 48.6 Å². The van der Waals surface area contributed by atoms with Crippen molar-refractivity contribution in [3.63, 3.8) is 0 Å². The Morgan fingerprint density at radius 1 is 0.789 bits per heavy atom. The van der Waals surface area contributed by atoms with Gasteiger partial charge in [0, 0.05) is 38.0 Å². The second kappa shape index (κ2) is 23.2. The van der Waals surface area contributed by atoms with Crippen LogP contribution < -0.4 is 11.2 Å². The molecule has 1 heterocycles. The lowest BCUT2D eigenvalue weighted by molar-refractivity contribution is 0.0709. The van der Waals surface area contributed by atoms with Gasteiger partial charge in [0.1, 0.15) is 5.84 Å². The van der Waals surface area contributed by atoms with Gasteiger partial charge in [0.05, 0.1) is 0 Å². The molecular formula is C28H59N5O3SSi. The lowest BCUT2D eigenvalue weighted by atomic mass is 10.1. The van der Waals surface area contributed by atoms with E-state index in [-0.39, 0.29) is 6.29 Å². The highest BCUT2D eigenvalue weighted by Gasteiger charge is 2.40. The molecule has 0 aromatic rings. The summed E-state index contributed by atoms with van der Waals surface area (Å²) in [7, 11) is -2.68. The fourth-order valence-electron chi connectivity index (χ4n) is 4.55. The number of unbranched alkanes of at least 4 members (excludes halogenated alkanes) is 10. The monoisotopic (exact) mass is 573 g/mol. The van der Waals surface area contributed by atoms with E-state index in [0.29, 0.717) is 19.8 Å². The summed E-state index contributed by atoms with van der Waals surface area (Å²) in [5.41, 5.74) is 0. The minimum atomic E-state index is -2.68. The van der Waals surface area contributed by atoms with Crippen molar-refractivity contribution < 1.29 is 13.3 Å². The molecule has 0 radical (unpaired) electrons. The van der Waals surface area contributed by atoms with Crippen molar-refractivity contribution in [2.24, 2.45) is 15.8 Å². The van der Waals surface area contributed by atoms with Crippen LogP contribution in [-0.4, -0.2) is 63.2 Å². The van der Waals surface area contributed by atoms with Crippen LogP contribution in [-0.2, 0) is 13.3 Å². The maximum absolute atomic E-state index is 6.56. The normalized spacial score (nSPS) is 16.2. The Bertz CT molecular complexity index is 625. The minimum absolute atomic E-state index is 0.266. The van der Waals surface area contributed by atoms with Gasteiger partial charge in [-0.25, -0.2) is 15.8 Å². The van der Waals surface area contributed by atoms with E-state index in [4.69, 9.17) is 29.1 Å². The molecule has 0 fully saturated rings. The van der Waals surface area contributed by atoms with Gasteiger partial charge < -0.3 is 13.3 Å². The first-order chi connectivity index (χ1) is 18.6. The van der Waals surface area contributed by atoms with Crippen molar-refractivity contribution in [3.05, 3.63) is 0 Å². The van der Waals surface area contributed by atoms with Crippen molar-refractivity contribution in [2.75, 3.05) is 32.1 Å². The number of thioether (sulfide) groups is 1. The zero-order chi connectivity index (χ0) is 27.9. The van der Waals surface area contributed by atoms with E-state index in [1.165, 1.54) is 70.6 Å². The van der Waals surface area contributed by atoms with Crippen LogP contribution >= 0.6 is 11.8 Å². The molecule has 0 bridgehead atoms. The number of amidine groups is 2. The van der Waals surface area contributed by atoms with Gasteiger partial charge in [-0.3, -0.25) is 10.3 Å². The first kappa shape index (κ1) is 35.5. The summed E-state index contributed by atoms with van der Waals surface area (Å²) in [5.74, 6) is 8.48. The van der Waals surface area contributed by atoms with Crippen LogP contribution in [0.4, 0.5) is 0 Å². The Hall–Kier alpha value is -0.493. The van der Waals surface area contributed by atoms with Gasteiger partial charge in [-0.15, -0.1) is 0 Å². The number of nitrogens with two attached hydrogens (primary N) is 1. The third-order valence-corrected chi connectivity index (χ3v) is 10.7. The number of hydrogen-bond acceptors (Lipinski definition) is 9. The van der Waals surface area contributed by atoms with Gasteiger partial charge in [0.15, 0.2) is 11.5 Å². The molecule has 38 heavy (non-hydrogen) atoms. The third-order valence-electron chi connectivity index (χ3n) is 6.58. The highest BCUT2D eigenvalue weighted by atomic mass is 32.2. The molecular weight excluding hydrogens is 514 g/mol. The average molecular weight is 574 g/mol. The van der Waals surface area contributed by atoms with Gasteiger partial charge in [0.2, 0.25) is 0 Å². The number of hydrogen-bond donors (Lipinski definition) is 2. The molecule has 3 N–H and O–H groups in total. The zero-order valence-corrected chi connectivity index (χ0v) is 27.1. The molecule has 8 nitrogen and oxygen atoms in total. The Labute approximate surface area is 239 Å². The number of rotatable bonds is 25. The van der Waals surface area contributed by atoms with Crippen LogP contribution in [0.3, 0.4) is 0 Å². The van der Waals surface area contributed by atoms with Crippen molar-refractivity contribution in [3.8, 4) is 0 Å². The molecule has 0 aromatic carbocycles. The van der Waals surface area contributed by atoms with E-state index in [1.807, 2.05) is 20.8 Å². The molecule has 0 spiro atoms. The molecule has 1 atom stereocenters. The lowest BCUT2D eigenvalue weighted by Crippen LogP contribution is -2.54. The summed E-state index contributed by atoms with van der Waals surface area (Å²) in [6.45, 7) is 13.2. The van der Waals surface area contributed by atoms with E-state index in [9.17, 15) is 0 Å². The standard InChI is InChI=1S/C28H59N5O3SSi/c1-6-11-13-15-17-19-23-30-27-32-28(37-24-20-18-16-14-12-7-2)31-26(33(27)29)22-21-25-38(34-8-3,35-9-4)36-10-5/h27,30H,6-25,29H2,1-5H3. The topological polar surface area (TPSA) is 93.7 Å². The van der Waals surface area contributed by atoms with Crippen molar-refractivity contribution in [1.29, 1.82) is 0 Å². The van der Waals surface area contributed by atoms with E-state index in [2.05, 4.69) is 19.2 Å². The van der Waals surface area contributed by atoms with Crippen LogP contribution in [0.5, 0.6) is 0 Å². The molecule has 0 aliphatic carbocycles. The predicted molar refractivity (Wildman–Crippen MR) is 167 cm³/mol. The van der Waals surface area contributed by atoms with Gasteiger partial charge in [0.25, 0.3) is 0 Å². The first-order valence-corrected chi connectivity index (χ1v) is 18.4. The largest absolute Gasteiger partial charge is 0.500 e. The van der Waals surface area contributed by atoms with Crippen LogP contribution in [0.15, 0.2) is 9.98 Å². The number of nitrogens with zero attached hydrogens (tertiary/aromatic N) is 3. The highest BCUT2D eigenvalue weighted by molar-refractivity contribution is 8.13. The van der Waals surface area contributed by atoms with E-state index < -0.39 is 8.80 Å². The van der Waals surface area contributed by atoms with Crippen LogP contribution in [0.1, 0.15) is 125 Å². The molecule has 1 aliphatic heterocycles. The summed E-state index contributed by atoms with van der Waals surface area (Å²) >= 11 is 1.76. The number of nitrogens with one attached hydrogen (secondary N) is 1. The van der Waals surface area contributed by atoms with Crippen LogP contribution in [0.25, 0.3) is 0 Å². The second-order valence-electron chi connectivity index (χ2n) is 9.89. The van der Waals surface area contributed by atoms with E-state index >= 15 is 0 Å². The molecule has 1 rings (SSSR count). The summed E-state index contributed by atoms with van der Waals surface area (Å²) in [6.07, 6.45) is 16.7. The Balaban J connectivity index is 2.72. The third kappa shape index (κ3) is 15.3. The predicted octanol–water partition coefficient (Wildman–Crippen LogP) is 7.09. The van der Waals surface area contributed by atoms with Gasteiger partial charge in [-0.05, 0) is 46.6 Å². The second-order valence-corrected chi connectivity index (χ2v) is 13.7. The lowest BCUT2D eigenvalue weighted by Gasteiger charge is -2.32. The molecule has 224 valence electrons. The molecule has 0 amide bonds. The number of aliphatic imine (C=N–C) groups is 2. The van der Waals surface area contributed by atoms with Crippen molar-refractivity contribution in [2.45, 2.75) is 137 Å². The van der Waals surface area contributed by atoms with Crippen molar-refractivity contribution in [1.82, 2.24) is 10.3 Å².